The van der Waals surface area contributed by atoms with Gasteiger partial charge in [-0.05, 0) is 45.9 Å². The van der Waals surface area contributed by atoms with E-state index in [0.717, 1.165) is 32.7 Å². The number of likely N-dealkylation sites (tertiary alicyclic amines) is 1. The Labute approximate surface area is 114 Å². The van der Waals surface area contributed by atoms with Crippen LogP contribution in [-0.2, 0) is 0 Å². The lowest BCUT2D eigenvalue weighted by atomic mass is 10.1. The van der Waals surface area contributed by atoms with Gasteiger partial charge < -0.3 is 16.4 Å². The standard InChI is InChI=1S/C7H16N2.C7H18N2/c8-4-7-9-5-2-1-3-6-9;1-4-9(5-2)7(3)6-8/h1-8H2;7H,4-6,8H2,1-3H3. The average Bonchev–Trinajstić information content (AvgIpc) is 2.42. The van der Waals surface area contributed by atoms with Crippen molar-refractivity contribution in [3.63, 3.8) is 0 Å². The molecule has 0 radical (unpaired) electrons. The van der Waals surface area contributed by atoms with Gasteiger partial charge in [0.25, 0.3) is 0 Å². The summed E-state index contributed by atoms with van der Waals surface area (Å²) in [4.78, 5) is 4.80. The third kappa shape index (κ3) is 8.03. The zero-order valence-electron chi connectivity index (χ0n) is 12.7. The molecule has 1 saturated heterocycles. The molecule has 0 amide bonds. The van der Waals surface area contributed by atoms with Crippen molar-refractivity contribution in [2.75, 3.05) is 45.8 Å². The second-order valence-electron chi connectivity index (χ2n) is 5.00. The summed E-state index contributed by atoms with van der Waals surface area (Å²) in [6.45, 7) is 13.9. The maximum atomic E-state index is 5.48. The van der Waals surface area contributed by atoms with Crippen LogP contribution >= 0.6 is 0 Å². The van der Waals surface area contributed by atoms with E-state index in [1.165, 1.54) is 32.4 Å². The van der Waals surface area contributed by atoms with Gasteiger partial charge in [0.2, 0.25) is 0 Å². The van der Waals surface area contributed by atoms with Crippen molar-refractivity contribution < 1.29 is 0 Å². The molecule has 1 heterocycles. The molecule has 1 atom stereocenters. The van der Waals surface area contributed by atoms with E-state index < -0.39 is 0 Å². The summed E-state index contributed by atoms with van der Waals surface area (Å²) in [5, 5.41) is 0. The molecule has 4 N–H and O–H groups in total. The summed E-state index contributed by atoms with van der Waals surface area (Å²) in [5.41, 5.74) is 10.9. The van der Waals surface area contributed by atoms with Crippen molar-refractivity contribution in [3.8, 4) is 0 Å². The molecule has 0 saturated carbocycles. The fourth-order valence-corrected chi connectivity index (χ4v) is 2.36. The fourth-order valence-electron chi connectivity index (χ4n) is 2.36. The average molecular weight is 258 g/mol. The third-order valence-corrected chi connectivity index (χ3v) is 3.67. The van der Waals surface area contributed by atoms with Crippen LogP contribution in [0, 0.1) is 0 Å². The van der Waals surface area contributed by atoms with Crippen LogP contribution in [0.4, 0.5) is 0 Å². The van der Waals surface area contributed by atoms with Crippen molar-refractivity contribution >= 4 is 0 Å². The molecule has 0 aliphatic carbocycles. The molecular weight excluding hydrogens is 224 g/mol. The molecule has 110 valence electrons. The maximum absolute atomic E-state index is 5.48. The van der Waals surface area contributed by atoms with Crippen molar-refractivity contribution in [2.24, 2.45) is 11.5 Å². The van der Waals surface area contributed by atoms with Gasteiger partial charge in [-0.3, -0.25) is 4.90 Å². The van der Waals surface area contributed by atoms with E-state index in [0.29, 0.717) is 6.04 Å². The highest BCUT2D eigenvalue weighted by atomic mass is 15.1. The van der Waals surface area contributed by atoms with Crippen LogP contribution in [0.15, 0.2) is 0 Å². The first-order valence-corrected chi connectivity index (χ1v) is 7.56. The van der Waals surface area contributed by atoms with Crippen LogP contribution in [-0.4, -0.2) is 61.7 Å². The Morgan fingerprint density at radius 2 is 1.61 bits per heavy atom. The highest BCUT2D eigenvalue weighted by Gasteiger charge is 2.07. The van der Waals surface area contributed by atoms with Gasteiger partial charge >= 0.3 is 0 Å². The van der Waals surface area contributed by atoms with Crippen molar-refractivity contribution in [1.82, 2.24) is 9.80 Å². The third-order valence-electron chi connectivity index (χ3n) is 3.67. The van der Waals surface area contributed by atoms with E-state index in [-0.39, 0.29) is 0 Å². The Morgan fingerprint density at radius 1 is 1.06 bits per heavy atom. The van der Waals surface area contributed by atoms with Gasteiger partial charge in [0.15, 0.2) is 0 Å². The minimum absolute atomic E-state index is 0.542. The van der Waals surface area contributed by atoms with E-state index in [1.54, 1.807) is 0 Å². The molecule has 4 heteroatoms. The molecule has 4 nitrogen and oxygen atoms in total. The summed E-state index contributed by atoms with van der Waals surface area (Å²) < 4.78 is 0. The molecule has 1 rings (SSSR count). The van der Waals surface area contributed by atoms with E-state index >= 15 is 0 Å². The normalized spacial score (nSPS) is 18.3. The second kappa shape index (κ2) is 11.9. The van der Waals surface area contributed by atoms with Crippen molar-refractivity contribution in [1.29, 1.82) is 0 Å². The smallest absolute Gasteiger partial charge is 0.0189 e. The molecule has 0 aromatic carbocycles. The predicted octanol–water partition coefficient (Wildman–Crippen LogP) is 1.11. The summed E-state index contributed by atoms with van der Waals surface area (Å²) in [6, 6.07) is 0.542. The minimum Gasteiger partial charge on any atom is -0.329 e. The summed E-state index contributed by atoms with van der Waals surface area (Å²) in [6.07, 6.45) is 4.17. The Hall–Kier alpha value is -0.160. The molecule has 1 aliphatic rings. The monoisotopic (exact) mass is 258 g/mol. The van der Waals surface area contributed by atoms with E-state index in [1.807, 2.05) is 0 Å². The Morgan fingerprint density at radius 3 is 1.94 bits per heavy atom. The molecule has 1 unspecified atom stereocenters. The van der Waals surface area contributed by atoms with Gasteiger partial charge in [-0.1, -0.05) is 20.3 Å². The zero-order valence-corrected chi connectivity index (χ0v) is 12.7. The molecule has 0 aromatic rings. The highest BCUT2D eigenvalue weighted by Crippen LogP contribution is 2.06. The minimum atomic E-state index is 0.542. The molecule has 1 aliphatic heterocycles. The van der Waals surface area contributed by atoms with E-state index in [4.69, 9.17) is 11.5 Å². The predicted molar refractivity (Wildman–Crippen MR) is 80.8 cm³/mol. The Kier molecular flexibility index (Phi) is 11.8. The maximum Gasteiger partial charge on any atom is 0.0189 e. The fraction of sp³-hybridized carbons (Fsp3) is 1.00. The van der Waals surface area contributed by atoms with Gasteiger partial charge in [0, 0.05) is 25.7 Å². The lowest BCUT2D eigenvalue weighted by Crippen LogP contribution is -2.37. The lowest BCUT2D eigenvalue weighted by molar-refractivity contribution is 0.235. The van der Waals surface area contributed by atoms with E-state index in [2.05, 4.69) is 30.6 Å². The van der Waals surface area contributed by atoms with Crippen molar-refractivity contribution in [2.45, 2.75) is 46.1 Å². The number of hydrogen-bond acceptors (Lipinski definition) is 4. The van der Waals surface area contributed by atoms with Crippen LogP contribution in [0.25, 0.3) is 0 Å². The second-order valence-corrected chi connectivity index (χ2v) is 5.00. The largest absolute Gasteiger partial charge is 0.329 e. The first-order chi connectivity index (χ1) is 8.69. The van der Waals surface area contributed by atoms with Crippen LogP contribution in [0.5, 0.6) is 0 Å². The summed E-state index contributed by atoms with van der Waals surface area (Å²) >= 11 is 0. The number of nitrogens with zero attached hydrogens (tertiary/aromatic N) is 2. The zero-order chi connectivity index (χ0) is 13.8. The van der Waals surface area contributed by atoms with E-state index in [9.17, 15) is 0 Å². The topological polar surface area (TPSA) is 58.5 Å². The molecular formula is C14H34N4. The molecule has 18 heavy (non-hydrogen) atoms. The van der Waals surface area contributed by atoms with Gasteiger partial charge in [-0.25, -0.2) is 0 Å². The number of rotatable bonds is 6. The Balaban J connectivity index is 0.000000321. The molecule has 1 fully saturated rings. The number of piperidine rings is 1. The Bertz CT molecular complexity index is 162. The van der Waals surface area contributed by atoms with Crippen LogP contribution < -0.4 is 11.5 Å². The molecule has 0 bridgehead atoms. The number of nitrogens with two attached hydrogens (primary N) is 2. The number of likely N-dealkylation sites (N-methyl/N-ethyl adjacent to an activating group) is 1. The van der Waals surface area contributed by atoms with Crippen LogP contribution in [0.2, 0.25) is 0 Å². The quantitative estimate of drug-likeness (QED) is 0.749. The summed E-state index contributed by atoms with van der Waals surface area (Å²) in [5.74, 6) is 0. The van der Waals surface area contributed by atoms with Crippen molar-refractivity contribution in [3.05, 3.63) is 0 Å². The SMILES string of the molecule is CCN(CC)C(C)CN.NCCN1CCCCC1. The van der Waals surface area contributed by atoms with Crippen LogP contribution in [0.1, 0.15) is 40.0 Å². The molecule has 0 spiro atoms. The first kappa shape index (κ1) is 17.8. The lowest BCUT2D eigenvalue weighted by Gasteiger charge is -2.25. The first-order valence-electron chi connectivity index (χ1n) is 7.56. The molecule has 0 aromatic heterocycles. The van der Waals surface area contributed by atoms with Gasteiger partial charge in [-0.2, -0.15) is 0 Å². The van der Waals surface area contributed by atoms with Crippen LogP contribution in [0.3, 0.4) is 0 Å². The van der Waals surface area contributed by atoms with Gasteiger partial charge in [-0.15, -0.1) is 0 Å². The highest BCUT2D eigenvalue weighted by molar-refractivity contribution is 4.64. The number of hydrogen-bond donors (Lipinski definition) is 2. The van der Waals surface area contributed by atoms with Gasteiger partial charge in [0.1, 0.15) is 0 Å². The van der Waals surface area contributed by atoms with Gasteiger partial charge in [0.05, 0.1) is 0 Å². The summed E-state index contributed by atoms with van der Waals surface area (Å²) in [7, 11) is 0.